The fourth-order valence-corrected chi connectivity index (χ4v) is 3.48. The molecule has 0 amide bonds. The van der Waals surface area contributed by atoms with Crippen LogP contribution in [0.1, 0.15) is 55.4 Å². The Balaban J connectivity index is 2.04. The fraction of sp³-hybridized carbons (Fsp3) is 0.471. The van der Waals surface area contributed by atoms with Crippen LogP contribution in [0.4, 0.5) is 0 Å². The zero-order chi connectivity index (χ0) is 14.1. The SMILES string of the molecule is CC(=O)n1cc([C@H](N)C2CCCCC2)c2ccccc21. The van der Waals surface area contributed by atoms with E-state index in [0.717, 1.165) is 16.5 Å². The number of carbonyl (C=O) groups is 1. The lowest BCUT2D eigenvalue weighted by Crippen LogP contribution is -2.23. The summed E-state index contributed by atoms with van der Waals surface area (Å²) in [5, 5.41) is 1.13. The van der Waals surface area contributed by atoms with E-state index in [4.69, 9.17) is 5.73 Å². The minimum atomic E-state index is 0.0424. The van der Waals surface area contributed by atoms with Gasteiger partial charge in [-0.3, -0.25) is 9.36 Å². The maximum absolute atomic E-state index is 11.8. The van der Waals surface area contributed by atoms with E-state index in [1.807, 2.05) is 24.4 Å². The van der Waals surface area contributed by atoms with Gasteiger partial charge in [-0.25, -0.2) is 0 Å². The smallest absolute Gasteiger partial charge is 0.227 e. The van der Waals surface area contributed by atoms with E-state index in [2.05, 4.69) is 6.07 Å². The summed E-state index contributed by atoms with van der Waals surface area (Å²) in [6, 6.07) is 8.10. The van der Waals surface area contributed by atoms with Crippen LogP contribution in [-0.2, 0) is 0 Å². The summed E-state index contributed by atoms with van der Waals surface area (Å²) in [5.41, 5.74) is 8.63. The van der Waals surface area contributed by atoms with Gasteiger partial charge in [0, 0.05) is 24.5 Å². The number of rotatable bonds is 2. The zero-order valence-corrected chi connectivity index (χ0v) is 12.0. The average Bonchev–Trinajstić information content (AvgIpc) is 2.87. The van der Waals surface area contributed by atoms with E-state index < -0.39 is 0 Å². The molecule has 0 aliphatic heterocycles. The summed E-state index contributed by atoms with van der Waals surface area (Å²) in [7, 11) is 0. The molecule has 0 spiro atoms. The lowest BCUT2D eigenvalue weighted by molar-refractivity contribution is 0.0941. The summed E-state index contributed by atoms with van der Waals surface area (Å²) >= 11 is 0. The van der Waals surface area contributed by atoms with Crippen LogP contribution in [0, 0.1) is 5.92 Å². The van der Waals surface area contributed by atoms with Gasteiger partial charge in [0.2, 0.25) is 5.91 Å². The molecule has 3 heteroatoms. The highest BCUT2D eigenvalue weighted by molar-refractivity contribution is 5.93. The van der Waals surface area contributed by atoms with Gasteiger partial charge in [0.1, 0.15) is 0 Å². The Kier molecular flexibility index (Phi) is 3.62. The number of aromatic nitrogens is 1. The Morgan fingerprint density at radius 2 is 1.95 bits per heavy atom. The van der Waals surface area contributed by atoms with Crippen molar-refractivity contribution in [2.24, 2.45) is 11.7 Å². The Labute approximate surface area is 119 Å². The highest BCUT2D eigenvalue weighted by atomic mass is 16.1. The minimum absolute atomic E-state index is 0.0424. The Hall–Kier alpha value is -1.61. The largest absolute Gasteiger partial charge is 0.324 e. The van der Waals surface area contributed by atoms with Crippen molar-refractivity contribution in [3.63, 3.8) is 0 Å². The van der Waals surface area contributed by atoms with E-state index in [1.165, 1.54) is 32.1 Å². The van der Waals surface area contributed by atoms with Crippen LogP contribution in [-0.4, -0.2) is 10.5 Å². The van der Waals surface area contributed by atoms with Crippen molar-refractivity contribution >= 4 is 16.8 Å². The van der Waals surface area contributed by atoms with Gasteiger partial charge >= 0.3 is 0 Å². The lowest BCUT2D eigenvalue weighted by atomic mass is 9.81. The van der Waals surface area contributed by atoms with Crippen molar-refractivity contribution in [3.8, 4) is 0 Å². The Morgan fingerprint density at radius 1 is 1.25 bits per heavy atom. The molecular weight excluding hydrogens is 248 g/mol. The lowest BCUT2D eigenvalue weighted by Gasteiger charge is -2.27. The van der Waals surface area contributed by atoms with E-state index in [0.29, 0.717) is 5.92 Å². The number of hydrogen-bond acceptors (Lipinski definition) is 2. The van der Waals surface area contributed by atoms with Crippen molar-refractivity contribution < 1.29 is 4.79 Å². The minimum Gasteiger partial charge on any atom is -0.324 e. The quantitative estimate of drug-likeness (QED) is 0.900. The number of benzene rings is 1. The van der Waals surface area contributed by atoms with Crippen molar-refractivity contribution in [2.75, 3.05) is 0 Å². The average molecular weight is 270 g/mol. The molecule has 1 aromatic carbocycles. The Morgan fingerprint density at radius 3 is 2.65 bits per heavy atom. The van der Waals surface area contributed by atoms with Gasteiger partial charge in [-0.1, -0.05) is 37.5 Å². The molecule has 106 valence electrons. The molecule has 1 fully saturated rings. The van der Waals surface area contributed by atoms with E-state index in [-0.39, 0.29) is 11.9 Å². The van der Waals surface area contributed by atoms with Gasteiger partial charge in [0.15, 0.2) is 0 Å². The van der Waals surface area contributed by atoms with E-state index in [9.17, 15) is 4.79 Å². The van der Waals surface area contributed by atoms with Gasteiger partial charge in [-0.2, -0.15) is 0 Å². The monoisotopic (exact) mass is 270 g/mol. The normalized spacial score (nSPS) is 18.3. The van der Waals surface area contributed by atoms with Gasteiger partial charge in [-0.15, -0.1) is 0 Å². The predicted molar refractivity (Wildman–Crippen MR) is 81.7 cm³/mol. The van der Waals surface area contributed by atoms with E-state index in [1.54, 1.807) is 11.5 Å². The third-order valence-electron chi connectivity index (χ3n) is 4.60. The highest BCUT2D eigenvalue weighted by Gasteiger charge is 2.25. The molecule has 1 atom stereocenters. The van der Waals surface area contributed by atoms with Crippen molar-refractivity contribution in [2.45, 2.75) is 45.1 Å². The second-order valence-electron chi connectivity index (χ2n) is 5.91. The summed E-state index contributed by atoms with van der Waals surface area (Å²) in [6.07, 6.45) is 8.26. The highest BCUT2D eigenvalue weighted by Crippen LogP contribution is 2.36. The van der Waals surface area contributed by atoms with Crippen LogP contribution < -0.4 is 5.73 Å². The molecule has 2 N–H and O–H groups in total. The third kappa shape index (κ3) is 2.27. The Bertz CT molecular complexity index is 623. The van der Waals surface area contributed by atoms with Crippen LogP contribution >= 0.6 is 0 Å². The summed E-state index contributed by atoms with van der Waals surface area (Å²) in [6.45, 7) is 1.60. The molecule has 1 aliphatic carbocycles. The first-order valence-electron chi connectivity index (χ1n) is 7.55. The molecule has 0 unspecified atom stereocenters. The van der Waals surface area contributed by atoms with Crippen molar-refractivity contribution in [1.29, 1.82) is 0 Å². The molecular formula is C17H22N2O. The standard InChI is InChI=1S/C17H22N2O/c1-12(20)19-11-15(14-9-5-6-10-16(14)19)17(18)13-7-3-2-4-8-13/h5-6,9-11,13,17H,2-4,7-8,18H2,1H3/t17-/m1/s1. The number of fused-ring (bicyclic) bond motifs is 1. The first kappa shape index (κ1) is 13.4. The van der Waals surface area contributed by atoms with Crippen LogP contribution in [0.15, 0.2) is 30.5 Å². The summed E-state index contributed by atoms with van der Waals surface area (Å²) < 4.78 is 1.73. The van der Waals surface area contributed by atoms with E-state index >= 15 is 0 Å². The number of hydrogen-bond donors (Lipinski definition) is 1. The van der Waals surface area contributed by atoms with Gasteiger partial charge in [-0.05, 0) is 30.4 Å². The number of nitrogens with zero attached hydrogens (tertiary/aromatic N) is 1. The second-order valence-corrected chi connectivity index (χ2v) is 5.91. The molecule has 0 saturated heterocycles. The third-order valence-corrected chi connectivity index (χ3v) is 4.60. The van der Waals surface area contributed by atoms with Crippen molar-refractivity contribution in [1.82, 2.24) is 4.57 Å². The van der Waals surface area contributed by atoms with Gasteiger partial charge < -0.3 is 5.73 Å². The first-order valence-corrected chi connectivity index (χ1v) is 7.55. The fourth-order valence-electron chi connectivity index (χ4n) is 3.48. The van der Waals surface area contributed by atoms with Crippen LogP contribution in [0.3, 0.4) is 0 Å². The molecule has 2 aromatic rings. The van der Waals surface area contributed by atoms with Crippen molar-refractivity contribution in [3.05, 3.63) is 36.0 Å². The molecule has 1 aliphatic rings. The molecule has 1 heterocycles. The van der Waals surface area contributed by atoms with Crippen LogP contribution in [0.25, 0.3) is 10.9 Å². The summed E-state index contributed by atoms with van der Waals surface area (Å²) in [4.78, 5) is 11.8. The summed E-state index contributed by atoms with van der Waals surface area (Å²) in [5.74, 6) is 0.596. The van der Waals surface area contributed by atoms with Gasteiger partial charge in [0.25, 0.3) is 0 Å². The predicted octanol–water partition coefficient (Wildman–Crippen LogP) is 3.88. The first-order chi connectivity index (χ1) is 9.68. The molecule has 3 nitrogen and oxygen atoms in total. The molecule has 0 radical (unpaired) electrons. The maximum Gasteiger partial charge on any atom is 0.227 e. The van der Waals surface area contributed by atoms with Crippen LogP contribution in [0.2, 0.25) is 0 Å². The molecule has 0 bridgehead atoms. The van der Waals surface area contributed by atoms with Gasteiger partial charge in [0.05, 0.1) is 5.52 Å². The molecule has 1 saturated carbocycles. The molecule has 3 rings (SSSR count). The van der Waals surface area contributed by atoms with Crippen LogP contribution in [0.5, 0.6) is 0 Å². The number of para-hydroxylation sites is 1. The maximum atomic E-state index is 11.8. The number of carbonyl (C=O) groups excluding carboxylic acids is 1. The topological polar surface area (TPSA) is 48.0 Å². The molecule has 1 aromatic heterocycles. The second kappa shape index (κ2) is 5.41. The number of nitrogens with two attached hydrogens (primary N) is 1. The zero-order valence-electron chi connectivity index (χ0n) is 12.0. The molecule has 20 heavy (non-hydrogen) atoms.